The molecule has 0 spiro atoms. The lowest BCUT2D eigenvalue weighted by atomic mass is 10.0. The molecule has 0 aliphatic carbocycles. The smallest absolute Gasteiger partial charge is 0.336 e. The van der Waals surface area contributed by atoms with Crippen LogP contribution in [0, 0.1) is 10.1 Å². The van der Waals surface area contributed by atoms with Crippen molar-refractivity contribution >= 4 is 11.7 Å². The zero-order chi connectivity index (χ0) is 16.2. The van der Waals surface area contributed by atoms with Crippen LogP contribution in [0.4, 0.5) is 5.69 Å². The van der Waals surface area contributed by atoms with E-state index in [1.165, 1.54) is 20.3 Å². The van der Waals surface area contributed by atoms with E-state index in [-0.39, 0.29) is 22.6 Å². The first kappa shape index (κ1) is 16.4. The van der Waals surface area contributed by atoms with Crippen molar-refractivity contribution in [3.8, 4) is 11.5 Å². The van der Waals surface area contributed by atoms with Crippen molar-refractivity contribution in [2.45, 2.75) is 6.10 Å². The molecular weight excluding hydrogens is 282 g/mol. The Morgan fingerprint density at radius 2 is 1.81 bits per heavy atom. The molecule has 1 atom stereocenters. The molecular formula is C13H15NO7. The topological polar surface area (TPSA) is 108 Å². The highest BCUT2D eigenvalue weighted by atomic mass is 16.6. The van der Waals surface area contributed by atoms with E-state index in [1.54, 1.807) is 0 Å². The molecule has 1 aromatic rings. The average molecular weight is 297 g/mol. The van der Waals surface area contributed by atoms with E-state index in [0.29, 0.717) is 0 Å². The van der Waals surface area contributed by atoms with Gasteiger partial charge in [0.1, 0.15) is 6.10 Å². The minimum atomic E-state index is -1.60. The van der Waals surface area contributed by atoms with Crippen LogP contribution in [0.5, 0.6) is 11.5 Å². The lowest BCUT2D eigenvalue weighted by molar-refractivity contribution is -0.386. The maximum Gasteiger partial charge on any atom is 0.336 e. The number of benzene rings is 1. The van der Waals surface area contributed by atoms with Crippen LogP contribution in [0.1, 0.15) is 11.7 Å². The van der Waals surface area contributed by atoms with Gasteiger partial charge in [0.05, 0.1) is 43.5 Å². The summed E-state index contributed by atoms with van der Waals surface area (Å²) in [7, 11) is 3.78. The maximum absolute atomic E-state index is 11.4. The lowest BCUT2D eigenvalue weighted by Crippen LogP contribution is -2.13. The van der Waals surface area contributed by atoms with E-state index in [1.807, 2.05) is 0 Å². The van der Waals surface area contributed by atoms with Crippen LogP contribution in [-0.4, -0.2) is 37.3 Å². The van der Waals surface area contributed by atoms with E-state index >= 15 is 0 Å². The van der Waals surface area contributed by atoms with Crippen LogP contribution >= 0.6 is 0 Å². The van der Waals surface area contributed by atoms with Gasteiger partial charge < -0.3 is 19.3 Å². The van der Waals surface area contributed by atoms with Crippen molar-refractivity contribution in [3.05, 3.63) is 40.0 Å². The molecule has 0 radical (unpaired) electrons. The fourth-order valence-corrected chi connectivity index (χ4v) is 1.69. The molecule has 1 unspecified atom stereocenters. The molecule has 0 aliphatic heterocycles. The number of rotatable bonds is 6. The van der Waals surface area contributed by atoms with E-state index in [2.05, 4.69) is 11.3 Å². The summed E-state index contributed by atoms with van der Waals surface area (Å²) in [6.07, 6.45) is -1.60. The average Bonchev–Trinajstić information content (AvgIpc) is 2.50. The van der Waals surface area contributed by atoms with Crippen LogP contribution in [0.3, 0.4) is 0 Å². The van der Waals surface area contributed by atoms with Gasteiger partial charge in [0.2, 0.25) is 0 Å². The Bertz CT molecular complexity index is 582. The minimum absolute atomic E-state index is 0.129. The van der Waals surface area contributed by atoms with Gasteiger partial charge in [-0.2, -0.15) is 0 Å². The molecule has 0 bridgehead atoms. The SMILES string of the molecule is C=C(C(=O)OC)C(O)c1cc(OC)c(OC)cc1[N+](=O)[O-]. The number of carbonyl (C=O) groups is 1. The fourth-order valence-electron chi connectivity index (χ4n) is 1.69. The van der Waals surface area contributed by atoms with Crippen LogP contribution < -0.4 is 9.47 Å². The zero-order valence-corrected chi connectivity index (χ0v) is 11.8. The van der Waals surface area contributed by atoms with Crippen molar-refractivity contribution in [2.24, 2.45) is 0 Å². The highest BCUT2D eigenvalue weighted by molar-refractivity contribution is 5.89. The van der Waals surface area contributed by atoms with Crippen molar-refractivity contribution in [1.29, 1.82) is 0 Å². The molecule has 0 amide bonds. The number of nitro groups is 1. The minimum Gasteiger partial charge on any atom is -0.493 e. The highest BCUT2D eigenvalue weighted by Crippen LogP contribution is 2.39. The first-order valence-corrected chi connectivity index (χ1v) is 5.72. The molecule has 0 heterocycles. The number of aliphatic hydroxyl groups excluding tert-OH is 1. The van der Waals surface area contributed by atoms with Gasteiger partial charge in [0.15, 0.2) is 11.5 Å². The molecule has 0 fully saturated rings. The molecule has 21 heavy (non-hydrogen) atoms. The monoisotopic (exact) mass is 297 g/mol. The molecule has 0 aromatic heterocycles. The van der Waals surface area contributed by atoms with Crippen LogP contribution in [0.15, 0.2) is 24.3 Å². The number of nitro benzene ring substituents is 1. The largest absolute Gasteiger partial charge is 0.493 e. The van der Waals surface area contributed by atoms with Crippen molar-refractivity contribution in [3.63, 3.8) is 0 Å². The summed E-state index contributed by atoms with van der Waals surface area (Å²) in [6, 6.07) is 2.32. The second-order valence-electron chi connectivity index (χ2n) is 3.94. The Morgan fingerprint density at radius 1 is 1.29 bits per heavy atom. The quantitative estimate of drug-likeness (QED) is 0.365. The van der Waals surface area contributed by atoms with Gasteiger partial charge in [-0.1, -0.05) is 6.58 Å². The molecule has 0 aliphatic rings. The Kier molecular flexibility index (Phi) is 5.25. The van der Waals surface area contributed by atoms with Gasteiger partial charge in [0.25, 0.3) is 5.69 Å². The predicted octanol–water partition coefficient (Wildman–Crippen LogP) is 1.37. The van der Waals surface area contributed by atoms with E-state index < -0.39 is 22.7 Å². The Balaban J connectivity index is 3.42. The first-order chi connectivity index (χ1) is 9.87. The normalized spacial score (nSPS) is 11.4. The summed E-state index contributed by atoms with van der Waals surface area (Å²) >= 11 is 0. The second-order valence-corrected chi connectivity index (χ2v) is 3.94. The van der Waals surface area contributed by atoms with Crippen LogP contribution in [0.25, 0.3) is 0 Å². The molecule has 8 heteroatoms. The third-order valence-electron chi connectivity index (χ3n) is 2.80. The van der Waals surface area contributed by atoms with Crippen LogP contribution in [-0.2, 0) is 9.53 Å². The fraction of sp³-hybridized carbons (Fsp3) is 0.308. The maximum atomic E-state index is 11.4. The molecule has 114 valence electrons. The van der Waals surface area contributed by atoms with Crippen molar-refractivity contribution < 1.29 is 29.0 Å². The van der Waals surface area contributed by atoms with Gasteiger partial charge >= 0.3 is 5.97 Å². The van der Waals surface area contributed by atoms with Gasteiger partial charge in [0, 0.05) is 0 Å². The summed E-state index contributed by atoms with van der Waals surface area (Å²) in [6.45, 7) is 3.38. The van der Waals surface area contributed by atoms with Crippen molar-refractivity contribution in [2.75, 3.05) is 21.3 Å². The van der Waals surface area contributed by atoms with Gasteiger partial charge in [-0.05, 0) is 6.07 Å². The molecule has 0 saturated heterocycles. The second kappa shape index (κ2) is 6.71. The number of carbonyl (C=O) groups excluding carboxylic acids is 1. The van der Waals surface area contributed by atoms with Gasteiger partial charge in [-0.25, -0.2) is 4.79 Å². The van der Waals surface area contributed by atoms with E-state index in [9.17, 15) is 20.0 Å². The third kappa shape index (κ3) is 3.29. The summed E-state index contributed by atoms with van der Waals surface area (Å²) in [5, 5.41) is 21.2. The number of nitrogens with zero attached hydrogens (tertiary/aromatic N) is 1. The lowest BCUT2D eigenvalue weighted by Gasteiger charge is -2.15. The van der Waals surface area contributed by atoms with Crippen LogP contribution in [0.2, 0.25) is 0 Å². The van der Waals surface area contributed by atoms with Gasteiger partial charge in [-0.3, -0.25) is 10.1 Å². The molecule has 1 rings (SSSR count). The first-order valence-electron chi connectivity index (χ1n) is 5.72. The molecule has 0 saturated carbocycles. The summed E-state index contributed by atoms with van der Waals surface area (Å²) < 4.78 is 14.4. The van der Waals surface area contributed by atoms with E-state index in [0.717, 1.165) is 13.2 Å². The number of hydrogen-bond acceptors (Lipinski definition) is 7. The number of aliphatic hydroxyl groups is 1. The molecule has 1 N–H and O–H groups in total. The Labute approximate surface area is 120 Å². The molecule has 8 nitrogen and oxygen atoms in total. The standard InChI is InChI=1S/C13H15NO7/c1-7(13(16)21-4)12(15)8-5-10(19-2)11(20-3)6-9(8)14(17)18/h5-6,12,15H,1H2,2-4H3. The Hall–Kier alpha value is -2.61. The summed E-state index contributed by atoms with van der Waals surface area (Å²) in [4.78, 5) is 21.8. The summed E-state index contributed by atoms with van der Waals surface area (Å²) in [5.74, 6) is -0.565. The number of hydrogen-bond donors (Lipinski definition) is 1. The number of esters is 1. The predicted molar refractivity (Wildman–Crippen MR) is 72.3 cm³/mol. The highest BCUT2D eigenvalue weighted by Gasteiger charge is 2.29. The number of ether oxygens (including phenoxy) is 3. The number of methoxy groups -OCH3 is 3. The van der Waals surface area contributed by atoms with Crippen molar-refractivity contribution in [1.82, 2.24) is 0 Å². The summed E-state index contributed by atoms with van der Waals surface area (Å²) in [5.41, 5.74) is -0.897. The Morgan fingerprint density at radius 3 is 2.24 bits per heavy atom. The zero-order valence-electron chi connectivity index (χ0n) is 11.8. The molecule has 1 aromatic carbocycles. The third-order valence-corrected chi connectivity index (χ3v) is 2.80. The van der Waals surface area contributed by atoms with E-state index in [4.69, 9.17) is 9.47 Å². The van der Waals surface area contributed by atoms with Gasteiger partial charge in [-0.15, -0.1) is 0 Å².